The molecular weight excluding hydrogens is 176 g/mol. The van der Waals surface area contributed by atoms with Gasteiger partial charge in [0.15, 0.2) is 0 Å². The predicted molar refractivity (Wildman–Crippen MR) is 56.9 cm³/mol. The van der Waals surface area contributed by atoms with Crippen molar-refractivity contribution in [3.8, 4) is 11.8 Å². The summed E-state index contributed by atoms with van der Waals surface area (Å²) in [7, 11) is 3.59. The Balaban J connectivity index is 2.45. The van der Waals surface area contributed by atoms with E-state index >= 15 is 0 Å². The molecule has 1 saturated carbocycles. The van der Waals surface area contributed by atoms with E-state index in [2.05, 4.69) is 11.8 Å². The van der Waals surface area contributed by atoms with E-state index in [-0.39, 0.29) is 6.03 Å². The third-order valence-corrected chi connectivity index (χ3v) is 2.27. The molecule has 0 bridgehead atoms. The molecule has 3 heteroatoms. The van der Waals surface area contributed by atoms with Gasteiger partial charge in [-0.15, -0.1) is 11.8 Å². The molecule has 78 valence electrons. The van der Waals surface area contributed by atoms with E-state index in [9.17, 15) is 4.79 Å². The SMILES string of the molecule is CC#CCCN(C(=O)N(C)C)C1CC1. The van der Waals surface area contributed by atoms with Crippen LogP contribution in [0, 0.1) is 11.8 Å². The highest BCUT2D eigenvalue weighted by atomic mass is 16.2. The van der Waals surface area contributed by atoms with E-state index in [0.29, 0.717) is 6.04 Å². The van der Waals surface area contributed by atoms with Crippen molar-refractivity contribution in [3.63, 3.8) is 0 Å². The van der Waals surface area contributed by atoms with Gasteiger partial charge in [0.05, 0.1) is 0 Å². The minimum atomic E-state index is 0.116. The molecule has 0 aromatic rings. The maximum atomic E-state index is 11.7. The van der Waals surface area contributed by atoms with Crippen molar-refractivity contribution in [2.45, 2.75) is 32.2 Å². The second kappa shape index (κ2) is 4.90. The van der Waals surface area contributed by atoms with Gasteiger partial charge in [-0.05, 0) is 19.8 Å². The van der Waals surface area contributed by atoms with E-state index in [1.54, 1.807) is 19.0 Å². The van der Waals surface area contributed by atoms with Crippen LogP contribution in [0.2, 0.25) is 0 Å². The zero-order valence-corrected chi connectivity index (χ0v) is 9.21. The number of nitrogens with zero attached hydrogens (tertiary/aromatic N) is 2. The molecule has 0 unspecified atom stereocenters. The van der Waals surface area contributed by atoms with Crippen LogP contribution in [0.5, 0.6) is 0 Å². The van der Waals surface area contributed by atoms with Gasteiger partial charge in [-0.3, -0.25) is 0 Å². The summed E-state index contributed by atoms with van der Waals surface area (Å²) < 4.78 is 0. The minimum absolute atomic E-state index is 0.116. The summed E-state index contributed by atoms with van der Waals surface area (Å²) in [5.41, 5.74) is 0. The lowest BCUT2D eigenvalue weighted by Crippen LogP contribution is -2.41. The summed E-state index contributed by atoms with van der Waals surface area (Å²) in [6, 6.07) is 0.592. The molecule has 0 N–H and O–H groups in total. The number of rotatable bonds is 3. The second-order valence-corrected chi connectivity index (χ2v) is 3.78. The monoisotopic (exact) mass is 194 g/mol. The average molecular weight is 194 g/mol. The van der Waals surface area contributed by atoms with Crippen LogP contribution in [-0.4, -0.2) is 42.5 Å². The lowest BCUT2D eigenvalue weighted by molar-refractivity contribution is 0.169. The van der Waals surface area contributed by atoms with Crippen molar-refractivity contribution in [3.05, 3.63) is 0 Å². The topological polar surface area (TPSA) is 23.6 Å². The number of hydrogen-bond donors (Lipinski definition) is 0. The van der Waals surface area contributed by atoms with Gasteiger partial charge < -0.3 is 9.80 Å². The standard InChI is InChI=1S/C11H18N2O/c1-4-5-6-9-13(10-7-8-10)11(14)12(2)3/h10H,6-9H2,1-3H3. The van der Waals surface area contributed by atoms with Crippen molar-refractivity contribution >= 4 is 6.03 Å². The summed E-state index contributed by atoms with van der Waals surface area (Å²) in [5, 5.41) is 0. The smallest absolute Gasteiger partial charge is 0.319 e. The maximum Gasteiger partial charge on any atom is 0.319 e. The van der Waals surface area contributed by atoms with Gasteiger partial charge in [-0.2, -0.15) is 0 Å². The summed E-state index contributed by atoms with van der Waals surface area (Å²) in [6.45, 7) is 2.59. The fourth-order valence-electron chi connectivity index (χ4n) is 1.38. The van der Waals surface area contributed by atoms with E-state index in [1.165, 1.54) is 0 Å². The molecule has 0 aromatic heterocycles. The zero-order valence-electron chi connectivity index (χ0n) is 9.21. The Hall–Kier alpha value is -1.17. The van der Waals surface area contributed by atoms with Gasteiger partial charge in [0.25, 0.3) is 0 Å². The fourth-order valence-corrected chi connectivity index (χ4v) is 1.38. The number of carbonyl (C=O) groups excluding carboxylic acids is 1. The van der Waals surface area contributed by atoms with Crippen molar-refractivity contribution in [2.75, 3.05) is 20.6 Å². The van der Waals surface area contributed by atoms with Gasteiger partial charge in [-0.25, -0.2) is 4.79 Å². The molecule has 14 heavy (non-hydrogen) atoms. The molecule has 1 aliphatic carbocycles. The van der Waals surface area contributed by atoms with Crippen LogP contribution >= 0.6 is 0 Å². The summed E-state index contributed by atoms with van der Waals surface area (Å²) in [5.74, 6) is 5.84. The molecule has 1 rings (SSSR count). The Labute approximate surface area is 86.1 Å². The Morgan fingerprint density at radius 1 is 1.43 bits per heavy atom. The van der Waals surface area contributed by atoms with Crippen LogP contribution in [-0.2, 0) is 0 Å². The highest BCUT2D eigenvalue weighted by Gasteiger charge is 2.32. The first-order valence-corrected chi connectivity index (χ1v) is 5.04. The molecule has 2 amide bonds. The van der Waals surface area contributed by atoms with Crippen molar-refractivity contribution < 1.29 is 4.79 Å². The molecule has 0 aliphatic heterocycles. The van der Waals surface area contributed by atoms with Crippen molar-refractivity contribution in [1.82, 2.24) is 9.80 Å². The quantitative estimate of drug-likeness (QED) is 0.625. The van der Waals surface area contributed by atoms with E-state index in [4.69, 9.17) is 0 Å². The molecule has 0 aromatic carbocycles. The van der Waals surface area contributed by atoms with Crippen LogP contribution in [0.4, 0.5) is 4.79 Å². The maximum absolute atomic E-state index is 11.7. The first-order valence-electron chi connectivity index (χ1n) is 5.04. The first-order chi connectivity index (χ1) is 6.66. The third kappa shape index (κ3) is 2.95. The molecule has 0 spiro atoms. The lowest BCUT2D eigenvalue weighted by Gasteiger charge is -2.25. The molecule has 0 saturated heterocycles. The summed E-state index contributed by atoms with van der Waals surface area (Å²) in [4.78, 5) is 15.3. The first kappa shape index (κ1) is 10.9. The molecular formula is C11H18N2O. The van der Waals surface area contributed by atoms with Crippen molar-refractivity contribution in [1.29, 1.82) is 0 Å². The van der Waals surface area contributed by atoms with E-state index in [1.807, 2.05) is 11.8 Å². The van der Waals surface area contributed by atoms with Crippen LogP contribution in [0.3, 0.4) is 0 Å². The van der Waals surface area contributed by atoms with Gasteiger partial charge in [0, 0.05) is 33.1 Å². The molecule has 0 atom stereocenters. The molecule has 0 heterocycles. The summed E-state index contributed by atoms with van der Waals surface area (Å²) in [6.07, 6.45) is 3.09. The Kier molecular flexibility index (Phi) is 3.82. The van der Waals surface area contributed by atoms with Crippen LogP contribution < -0.4 is 0 Å². The largest absolute Gasteiger partial charge is 0.331 e. The lowest BCUT2D eigenvalue weighted by atomic mass is 10.3. The highest BCUT2D eigenvalue weighted by molar-refractivity contribution is 5.74. The van der Waals surface area contributed by atoms with Gasteiger partial charge in [0.1, 0.15) is 0 Å². The highest BCUT2D eigenvalue weighted by Crippen LogP contribution is 2.27. The van der Waals surface area contributed by atoms with Gasteiger partial charge in [0.2, 0.25) is 0 Å². The number of carbonyl (C=O) groups is 1. The zero-order chi connectivity index (χ0) is 10.6. The second-order valence-electron chi connectivity index (χ2n) is 3.78. The molecule has 1 aliphatic rings. The van der Waals surface area contributed by atoms with Gasteiger partial charge >= 0.3 is 6.03 Å². The molecule has 1 fully saturated rings. The summed E-state index contributed by atoms with van der Waals surface area (Å²) >= 11 is 0. The Morgan fingerprint density at radius 2 is 2.07 bits per heavy atom. The van der Waals surface area contributed by atoms with E-state index < -0.39 is 0 Å². The molecule has 0 radical (unpaired) electrons. The molecule has 3 nitrogen and oxygen atoms in total. The fraction of sp³-hybridized carbons (Fsp3) is 0.727. The Bertz CT molecular complexity index is 258. The van der Waals surface area contributed by atoms with Crippen LogP contribution in [0.15, 0.2) is 0 Å². The average Bonchev–Trinajstić information content (AvgIpc) is 2.95. The minimum Gasteiger partial charge on any atom is -0.331 e. The third-order valence-electron chi connectivity index (χ3n) is 2.27. The number of amides is 2. The van der Waals surface area contributed by atoms with Crippen LogP contribution in [0.1, 0.15) is 26.2 Å². The Morgan fingerprint density at radius 3 is 2.50 bits per heavy atom. The van der Waals surface area contributed by atoms with E-state index in [0.717, 1.165) is 25.8 Å². The predicted octanol–water partition coefficient (Wildman–Crippen LogP) is 1.55. The number of hydrogen-bond acceptors (Lipinski definition) is 1. The van der Waals surface area contributed by atoms with Crippen LogP contribution in [0.25, 0.3) is 0 Å². The number of urea groups is 1. The van der Waals surface area contributed by atoms with Crippen molar-refractivity contribution in [2.24, 2.45) is 0 Å². The van der Waals surface area contributed by atoms with Gasteiger partial charge in [-0.1, -0.05) is 0 Å². The normalized spacial score (nSPS) is 14.2.